The van der Waals surface area contributed by atoms with Gasteiger partial charge < -0.3 is 5.11 Å². The number of phenols is 1. The predicted octanol–water partition coefficient (Wildman–Crippen LogP) is 3.76. The number of aromatic hydroxyl groups is 1. The van der Waals surface area contributed by atoms with Crippen LogP contribution in [0.15, 0.2) is 18.2 Å². The molecule has 1 N–H and O–H groups in total. The molecule has 106 valence electrons. The Bertz CT molecular complexity index is 423. The highest BCUT2D eigenvalue weighted by molar-refractivity contribution is 5.42. The number of hydrogen-bond acceptors (Lipinski definition) is 2. The first-order chi connectivity index (χ1) is 9.10. The van der Waals surface area contributed by atoms with Gasteiger partial charge in [-0.3, -0.25) is 4.90 Å². The molecule has 0 fully saturated rings. The summed E-state index contributed by atoms with van der Waals surface area (Å²) in [5.74, 6) is 0.483. The third-order valence-corrected chi connectivity index (χ3v) is 4.49. The van der Waals surface area contributed by atoms with Crippen molar-refractivity contribution in [2.24, 2.45) is 0 Å². The van der Waals surface area contributed by atoms with Crippen LogP contribution in [0.25, 0.3) is 0 Å². The Balaban J connectivity index is 2.24. The Morgan fingerprint density at radius 1 is 1.21 bits per heavy atom. The van der Waals surface area contributed by atoms with Crippen molar-refractivity contribution >= 4 is 0 Å². The van der Waals surface area contributed by atoms with Gasteiger partial charge in [-0.1, -0.05) is 26.0 Å². The summed E-state index contributed by atoms with van der Waals surface area (Å²) in [6.07, 6.45) is 5.66. The van der Waals surface area contributed by atoms with E-state index in [4.69, 9.17) is 0 Å². The van der Waals surface area contributed by atoms with E-state index in [2.05, 4.69) is 31.7 Å². The molecule has 0 saturated heterocycles. The minimum absolute atomic E-state index is 0.206. The van der Waals surface area contributed by atoms with E-state index in [1.807, 2.05) is 12.1 Å². The molecule has 19 heavy (non-hydrogen) atoms. The van der Waals surface area contributed by atoms with Crippen molar-refractivity contribution in [3.05, 3.63) is 29.3 Å². The molecule has 0 aliphatic heterocycles. The Hall–Kier alpha value is -1.02. The van der Waals surface area contributed by atoms with Crippen LogP contribution in [0.4, 0.5) is 0 Å². The minimum atomic E-state index is 0.206. The molecule has 0 unspecified atom stereocenters. The first-order valence-corrected chi connectivity index (χ1v) is 7.65. The number of phenolic OH excluding ortho intramolecular Hbond substituents is 1. The van der Waals surface area contributed by atoms with Crippen LogP contribution in [0.1, 0.15) is 51.2 Å². The number of fused-ring (bicyclic) bond motifs is 1. The molecule has 0 radical (unpaired) electrons. The predicted molar refractivity (Wildman–Crippen MR) is 80.7 cm³/mol. The van der Waals surface area contributed by atoms with E-state index >= 15 is 0 Å². The van der Waals surface area contributed by atoms with Crippen LogP contribution in [-0.4, -0.2) is 28.6 Å². The second kappa shape index (κ2) is 5.96. The highest BCUT2D eigenvalue weighted by Gasteiger charge is 2.35. The highest BCUT2D eigenvalue weighted by atomic mass is 16.3. The molecule has 0 amide bonds. The summed E-state index contributed by atoms with van der Waals surface area (Å²) >= 11 is 0. The second-order valence-electron chi connectivity index (χ2n) is 6.08. The summed E-state index contributed by atoms with van der Waals surface area (Å²) in [5, 5.41) is 10.1. The van der Waals surface area contributed by atoms with Crippen LogP contribution in [0.3, 0.4) is 0 Å². The van der Waals surface area contributed by atoms with Crippen molar-refractivity contribution in [2.45, 2.75) is 58.4 Å². The van der Waals surface area contributed by atoms with Crippen LogP contribution >= 0.6 is 0 Å². The van der Waals surface area contributed by atoms with Crippen LogP contribution in [-0.2, 0) is 12.8 Å². The molecule has 0 heterocycles. The van der Waals surface area contributed by atoms with Crippen molar-refractivity contribution < 1.29 is 5.11 Å². The Labute approximate surface area is 117 Å². The molecule has 1 atom stereocenters. The van der Waals surface area contributed by atoms with Crippen molar-refractivity contribution in [3.8, 4) is 5.75 Å². The zero-order chi connectivity index (χ0) is 13.9. The molecule has 1 aromatic rings. The van der Waals surface area contributed by atoms with Gasteiger partial charge in [0.05, 0.1) is 0 Å². The third kappa shape index (κ3) is 2.94. The molecule has 2 rings (SSSR count). The fourth-order valence-electron chi connectivity index (χ4n) is 3.39. The van der Waals surface area contributed by atoms with Gasteiger partial charge in [0.2, 0.25) is 0 Å². The third-order valence-electron chi connectivity index (χ3n) is 4.49. The first-order valence-electron chi connectivity index (χ1n) is 7.65. The number of aryl methyl sites for hydroxylation is 1. The largest absolute Gasteiger partial charge is 0.508 e. The van der Waals surface area contributed by atoms with Gasteiger partial charge >= 0.3 is 0 Å². The molecule has 2 nitrogen and oxygen atoms in total. The second-order valence-corrected chi connectivity index (χ2v) is 6.08. The van der Waals surface area contributed by atoms with Crippen molar-refractivity contribution in [1.29, 1.82) is 0 Å². The first kappa shape index (κ1) is 14.4. The fourth-order valence-corrected chi connectivity index (χ4v) is 3.39. The van der Waals surface area contributed by atoms with Crippen LogP contribution < -0.4 is 0 Å². The Morgan fingerprint density at radius 3 is 2.53 bits per heavy atom. The molecule has 0 aromatic heterocycles. The summed E-state index contributed by atoms with van der Waals surface area (Å²) in [7, 11) is 0. The van der Waals surface area contributed by atoms with Crippen LogP contribution in [0.5, 0.6) is 5.75 Å². The topological polar surface area (TPSA) is 23.5 Å². The van der Waals surface area contributed by atoms with Crippen LogP contribution in [0, 0.1) is 0 Å². The Kier molecular flexibility index (Phi) is 4.51. The number of hydrogen-bond donors (Lipinski definition) is 1. The standard InChI is InChI=1S/C17H27NO/c1-4-11-18(12-5-2)17(3)10-9-14-7-6-8-16(19)15(14)13-17/h6-8,19H,4-5,9-13H2,1-3H3/t17-/m1/s1. The SMILES string of the molecule is CCCN(CCC)[C@]1(C)CCc2cccc(O)c2C1. The molecule has 1 aliphatic carbocycles. The lowest BCUT2D eigenvalue weighted by Gasteiger charge is -2.44. The fraction of sp³-hybridized carbons (Fsp3) is 0.647. The van der Waals surface area contributed by atoms with E-state index in [9.17, 15) is 5.11 Å². The van der Waals surface area contributed by atoms with Gasteiger partial charge in [0.15, 0.2) is 0 Å². The lowest BCUT2D eigenvalue weighted by molar-refractivity contribution is 0.0876. The molecule has 1 aliphatic rings. The molecule has 1 aromatic carbocycles. The molecule has 0 bridgehead atoms. The van der Waals surface area contributed by atoms with E-state index in [0.717, 1.165) is 25.9 Å². The van der Waals surface area contributed by atoms with Gasteiger partial charge in [-0.25, -0.2) is 0 Å². The maximum absolute atomic E-state index is 10.1. The quantitative estimate of drug-likeness (QED) is 0.872. The lowest BCUT2D eigenvalue weighted by atomic mass is 9.77. The maximum Gasteiger partial charge on any atom is 0.119 e. The summed E-state index contributed by atoms with van der Waals surface area (Å²) in [4.78, 5) is 2.63. The van der Waals surface area contributed by atoms with E-state index in [0.29, 0.717) is 5.75 Å². The van der Waals surface area contributed by atoms with Crippen molar-refractivity contribution in [1.82, 2.24) is 4.90 Å². The smallest absolute Gasteiger partial charge is 0.119 e. The molecule has 0 spiro atoms. The van der Waals surface area contributed by atoms with Gasteiger partial charge in [-0.2, -0.15) is 0 Å². The number of rotatable bonds is 5. The summed E-state index contributed by atoms with van der Waals surface area (Å²) in [6.45, 7) is 9.19. The lowest BCUT2D eigenvalue weighted by Crippen LogP contribution is -2.50. The average molecular weight is 261 g/mol. The highest BCUT2D eigenvalue weighted by Crippen LogP contribution is 2.37. The summed E-state index contributed by atoms with van der Waals surface area (Å²) in [6, 6.07) is 5.96. The molecular formula is C17H27NO. The van der Waals surface area contributed by atoms with Crippen molar-refractivity contribution in [3.63, 3.8) is 0 Å². The van der Waals surface area contributed by atoms with Crippen LogP contribution in [0.2, 0.25) is 0 Å². The molecule has 2 heteroatoms. The van der Waals surface area contributed by atoms with E-state index in [1.165, 1.54) is 30.4 Å². The minimum Gasteiger partial charge on any atom is -0.508 e. The normalized spacial score (nSPS) is 22.5. The van der Waals surface area contributed by atoms with E-state index < -0.39 is 0 Å². The van der Waals surface area contributed by atoms with Gasteiger partial charge in [0.1, 0.15) is 5.75 Å². The monoisotopic (exact) mass is 261 g/mol. The summed E-state index contributed by atoms with van der Waals surface area (Å²) < 4.78 is 0. The van der Waals surface area contributed by atoms with Gasteiger partial charge in [-0.05, 0) is 69.3 Å². The van der Waals surface area contributed by atoms with Gasteiger partial charge in [-0.15, -0.1) is 0 Å². The van der Waals surface area contributed by atoms with Gasteiger partial charge in [0.25, 0.3) is 0 Å². The molecular weight excluding hydrogens is 234 g/mol. The summed E-state index contributed by atoms with van der Waals surface area (Å²) in [5.41, 5.74) is 2.72. The molecule has 0 saturated carbocycles. The number of nitrogens with zero attached hydrogens (tertiary/aromatic N) is 1. The average Bonchev–Trinajstić information content (AvgIpc) is 2.40. The zero-order valence-electron chi connectivity index (χ0n) is 12.6. The van der Waals surface area contributed by atoms with Crippen molar-refractivity contribution in [2.75, 3.05) is 13.1 Å². The van der Waals surface area contributed by atoms with E-state index in [1.54, 1.807) is 0 Å². The maximum atomic E-state index is 10.1. The van der Waals surface area contributed by atoms with Gasteiger partial charge in [0, 0.05) is 5.54 Å². The van der Waals surface area contributed by atoms with E-state index in [-0.39, 0.29) is 5.54 Å². The number of benzene rings is 1. The zero-order valence-corrected chi connectivity index (χ0v) is 12.6. The Morgan fingerprint density at radius 2 is 1.89 bits per heavy atom.